The summed E-state index contributed by atoms with van der Waals surface area (Å²) in [6.45, 7) is 9.68. The van der Waals surface area contributed by atoms with Gasteiger partial charge >= 0.3 is 0 Å². The highest BCUT2D eigenvalue weighted by Crippen LogP contribution is 2.34. The lowest BCUT2D eigenvalue weighted by Crippen LogP contribution is -2.43. The fourth-order valence-corrected chi connectivity index (χ4v) is 4.56. The summed E-state index contributed by atoms with van der Waals surface area (Å²) in [4.78, 5) is 22.4. The predicted octanol–water partition coefficient (Wildman–Crippen LogP) is 2.89. The van der Waals surface area contributed by atoms with Crippen molar-refractivity contribution in [2.24, 2.45) is 0 Å². The maximum absolute atomic E-state index is 13.5. The van der Waals surface area contributed by atoms with E-state index in [1.807, 2.05) is 32.0 Å². The number of nitrogens with zero attached hydrogens (tertiary/aromatic N) is 5. The molecule has 30 heavy (non-hydrogen) atoms. The molecular weight excluding hydrogens is 402 g/mol. The van der Waals surface area contributed by atoms with Crippen LogP contribution in [0.1, 0.15) is 24.3 Å². The molecule has 0 spiro atoms. The number of benzene rings is 1. The fourth-order valence-electron chi connectivity index (χ4n) is 3.55. The zero-order chi connectivity index (χ0) is 20.9. The number of ether oxygens (including phenoxy) is 2. The Hall–Kier alpha value is -2.49. The SMILES string of the molecule is CCOc1cccc2sc(N(CCN3CCOCC3)C(=O)c3ccnn3CC)nc12. The van der Waals surface area contributed by atoms with Gasteiger partial charge in [0.1, 0.15) is 17.0 Å². The van der Waals surface area contributed by atoms with Crippen LogP contribution in [0.3, 0.4) is 0 Å². The Morgan fingerprint density at radius 3 is 2.87 bits per heavy atom. The maximum atomic E-state index is 13.5. The van der Waals surface area contributed by atoms with Gasteiger partial charge in [-0.05, 0) is 32.0 Å². The van der Waals surface area contributed by atoms with Crippen molar-refractivity contribution in [2.45, 2.75) is 20.4 Å². The summed E-state index contributed by atoms with van der Waals surface area (Å²) < 4.78 is 13.9. The molecule has 9 heteroatoms. The molecule has 0 saturated carbocycles. The van der Waals surface area contributed by atoms with Crippen molar-refractivity contribution in [3.63, 3.8) is 0 Å². The third kappa shape index (κ3) is 4.33. The van der Waals surface area contributed by atoms with Crippen molar-refractivity contribution in [1.82, 2.24) is 19.7 Å². The molecule has 160 valence electrons. The lowest BCUT2D eigenvalue weighted by atomic mass is 10.3. The number of rotatable bonds is 8. The molecule has 0 N–H and O–H groups in total. The van der Waals surface area contributed by atoms with Crippen molar-refractivity contribution in [3.8, 4) is 5.75 Å². The zero-order valence-electron chi connectivity index (χ0n) is 17.4. The third-order valence-corrected chi connectivity index (χ3v) is 6.17. The maximum Gasteiger partial charge on any atom is 0.278 e. The normalized spacial score (nSPS) is 14.9. The Kier molecular flexibility index (Phi) is 6.61. The average molecular weight is 430 g/mol. The first-order valence-electron chi connectivity index (χ1n) is 10.4. The van der Waals surface area contributed by atoms with E-state index in [0.29, 0.717) is 30.5 Å². The summed E-state index contributed by atoms with van der Waals surface area (Å²) in [7, 11) is 0. The molecule has 1 saturated heterocycles. The van der Waals surface area contributed by atoms with E-state index in [-0.39, 0.29) is 5.91 Å². The highest BCUT2D eigenvalue weighted by molar-refractivity contribution is 7.22. The standard InChI is InChI=1S/C21H27N5O3S/c1-3-26-16(8-9-22-26)20(27)25(11-10-24-12-14-28-15-13-24)21-23-19-17(29-4-2)6-5-7-18(19)30-21/h5-9H,3-4,10-15H2,1-2H3. The van der Waals surface area contributed by atoms with Gasteiger partial charge in [0, 0.05) is 38.9 Å². The fraction of sp³-hybridized carbons (Fsp3) is 0.476. The molecule has 1 fully saturated rings. The molecule has 0 atom stereocenters. The molecule has 8 nitrogen and oxygen atoms in total. The van der Waals surface area contributed by atoms with E-state index in [2.05, 4.69) is 10.00 Å². The summed E-state index contributed by atoms with van der Waals surface area (Å²) >= 11 is 1.51. The molecular formula is C21H27N5O3S. The first-order chi connectivity index (χ1) is 14.7. The molecule has 0 radical (unpaired) electrons. The summed E-state index contributed by atoms with van der Waals surface area (Å²) in [5, 5.41) is 4.95. The number of carbonyl (C=O) groups excluding carboxylic acids is 1. The highest BCUT2D eigenvalue weighted by atomic mass is 32.1. The lowest BCUT2D eigenvalue weighted by molar-refractivity contribution is 0.0391. The van der Waals surface area contributed by atoms with Crippen LogP contribution in [0, 0.1) is 0 Å². The van der Waals surface area contributed by atoms with Gasteiger partial charge in [0.05, 0.1) is 24.5 Å². The van der Waals surface area contributed by atoms with Gasteiger partial charge in [0.15, 0.2) is 5.13 Å². The van der Waals surface area contributed by atoms with E-state index in [4.69, 9.17) is 14.5 Å². The van der Waals surface area contributed by atoms with Gasteiger partial charge in [-0.3, -0.25) is 19.3 Å². The van der Waals surface area contributed by atoms with Crippen LogP contribution in [-0.2, 0) is 11.3 Å². The van der Waals surface area contributed by atoms with Crippen LogP contribution in [0.4, 0.5) is 5.13 Å². The number of anilines is 1. The Balaban J connectivity index is 1.66. The number of hydrogen-bond acceptors (Lipinski definition) is 7. The molecule has 1 aliphatic rings. The number of amides is 1. The summed E-state index contributed by atoms with van der Waals surface area (Å²) in [6.07, 6.45) is 1.67. The van der Waals surface area contributed by atoms with Crippen molar-refractivity contribution < 1.29 is 14.3 Å². The summed E-state index contributed by atoms with van der Waals surface area (Å²) in [6, 6.07) is 7.66. The first kappa shape index (κ1) is 20.8. The van der Waals surface area contributed by atoms with Gasteiger partial charge in [0.25, 0.3) is 5.91 Å². The average Bonchev–Trinajstić information content (AvgIpc) is 3.42. The molecule has 3 aromatic rings. The van der Waals surface area contributed by atoms with Gasteiger partial charge in [0.2, 0.25) is 0 Å². The van der Waals surface area contributed by atoms with Gasteiger partial charge in [-0.2, -0.15) is 5.10 Å². The van der Waals surface area contributed by atoms with Crippen LogP contribution in [0.5, 0.6) is 5.75 Å². The molecule has 0 unspecified atom stereocenters. The number of carbonyl (C=O) groups is 1. The van der Waals surface area contributed by atoms with Crippen molar-refractivity contribution in [3.05, 3.63) is 36.2 Å². The minimum atomic E-state index is -0.0837. The van der Waals surface area contributed by atoms with E-state index < -0.39 is 0 Å². The van der Waals surface area contributed by atoms with Crippen LogP contribution in [-0.4, -0.2) is 71.6 Å². The van der Waals surface area contributed by atoms with Gasteiger partial charge in [-0.15, -0.1) is 0 Å². The molecule has 0 aliphatic carbocycles. The van der Waals surface area contributed by atoms with E-state index >= 15 is 0 Å². The van der Waals surface area contributed by atoms with Gasteiger partial charge < -0.3 is 9.47 Å². The molecule has 3 heterocycles. The number of thiazole rings is 1. The van der Waals surface area contributed by atoms with Crippen molar-refractivity contribution in [2.75, 3.05) is 50.9 Å². The molecule has 0 bridgehead atoms. The quantitative estimate of drug-likeness (QED) is 0.548. The number of aromatic nitrogens is 3. The van der Waals surface area contributed by atoms with E-state index in [9.17, 15) is 4.79 Å². The van der Waals surface area contributed by atoms with Crippen LogP contribution >= 0.6 is 11.3 Å². The monoisotopic (exact) mass is 429 g/mol. The topological polar surface area (TPSA) is 72.7 Å². The first-order valence-corrected chi connectivity index (χ1v) is 11.2. The Bertz CT molecular complexity index is 996. The van der Waals surface area contributed by atoms with Crippen molar-refractivity contribution in [1.29, 1.82) is 0 Å². The molecule has 1 aliphatic heterocycles. The second-order valence-electron chi connectivity index (χ2n) is 6.98. The number of para-hydroxylation sites is 1. The van der Waals surface area contributed by atoms with E-state index in [1.54, 1.807) is 21.8 Å². The van der Waals surface area contributed by atoms with Gasteiger partial charge in [-0.25, -0.2) is 4.98 Å². The van der Waals surface area contributed by atoms with Crippen molar-refractivity contribution >= 4 is 32.6 Å². The Morgan fingerprint density at radius 2 is 2.10 bits per heavy atom. The van der Waals surface area contributed by atoms with Crippen LogP contribution in [0.2, 0.25) is 0 Å². The second-order valence-corrected chi connectivity index (χ2v) is 7.98. The Morgan fingerprint density at radius 1 is 1.27 bits per heavy atom. The number of hydrogen-bond donors (Lipinski definition) is 0. The lowest BCUT2D eigenvalue weighted by Gasteiger charge is -2.29. The predicted molar refractivity (Wildman–Crippen MR) is 118 cm³/mol. The number of aryl methyl sites for hydroxylation is 1. The third-order valence-electron chi connectivity index (χ3n) is 5.13. The Labute approximate surface area is 180 Å². The minimum Gasteiger partial charge on any atom is -0.492 e. The van der Waals surface area contributed by atoms with E-state index in [0.717, 1.165) is 48.8 Å². The highest BCUT2D eigenvalue weighted by Gasteiger charge is 2.25. The van der Waals surface area contributed by atoms with Crippen LogP contribution in [0.25, 0.3) is 10.2 Å². The number of fused-ring (bicyclic) bond motifs is 1. The zero-order valence-corrected chi connectivity index (χ0v) is 18.2. The van der Waals surface area contributed by atoms with Gasteiger partial charge in [-0.1, -0.05) is 17.4 Å². The smallest absolute Gasteiger partial charge is 0.278 e. The number of morpholine rings is 1. The summed E-state index contributed by atoms with van der Waals surface area (Å²) in [5.41, 5.74) is 1.37. The molecule has 4 rings (SSSR count). The summed E-state index contributed by atoms with van der Waals surface area (Å²) in [5.74, 6) is 0.663. The molecule has 1 amide bonds. The van der Waals surface area contributed by atoms with E-state index in [1.165, 1.54) is 11.3 Å². The molecule has 1 aromatic carbocycles. The second kappa shape index (κ2) is 9.55. The minimum absolute atomic E-state index is 0.0837. The largest absolute Gasteiger partial charge is 0.492 e. The van der Waals surface area contributed by atoms with Crippen LogP contribution in [0.15, 0.2) is 30.5 Å². The molecule has 2 aromatic heterocycles. The van der Waals surface area contributed by atoms with Crippen LogP contribution < -0.4 is 9.64 Å².